The highest BCUT2D eigenvalue weighted by molar-refractivity contribution is 6.12. The number of aromatic nitrogens is 12. The molecule has 2 N–H and O–H groups in total. The van der Waals surface area contributed by atoms with Gasteiger partial charge in [0.25, 0.3) is 0 Å². The van der Waals surface area contributed by atoms with Crippen molar-refractivity contribution in [1.82, 2.24) is 59.1 Å². The zero-order valence-electron chi connectivity index (χ0n) is 72.1. The van der Waals surface area contributed by atoms with Crippen LogP contribution in [0.4, 0.5) is 0 Å². The summed E-state index contributed by atoms with van der Waals surface area (Å²) in [6, 6.07) is 81.6. The van der Waals surface area contributed by atoms with Gasteiger partial charge in [-0.15, -0.1) is 10.2 Å². The summed E-state index contributed by atoms with van der Waals surface area (Å²) in [5, 5.41) is 23.6. The number of rotatable bonds is 12. The summed E-state index contributed by atoms with van der Waals surface area (Å²) in [5.41, 5.74) is 41.0. The van der Waals surface area contributed by atoms with E-state index in [4.69, 9.17) is 20.4 Å². The highest BCUT2D eigenvalue weighted by atomic mass is 15.4. The Labute approximate surface area is 702 Å². The standard InChI is InChI=1S/C108H102N12/c1-63-51-65(3)99(66(4)52-63)103-89-43-39-85(111-89)101(73-23-19-69(20-24-73)61-117-97(59-109-115-117)71-27-35-79(36-28-71)119-93-47-31-75(105(7,8)9)55-81(93)82-56-76(106(10,11)12)32-48-94(82)119)87-41-45-91(113-87)104(100-67(5)53-64(2)54-68(100)6)92-46-42-88(114-92)102(86-40-44-90(103)112-86)74-25-21-70(22-26-74)62-118-98(60-110-116-118)72-29-37-80(38-30-72)120-95-49-33-77(107(13,14)15)57-83(95)84-58-78(108(16,17)18)34-50-96(84)120/h19-60,111,114H,61-62H2,1-18H3. The molecule has 8 bridgehead atoms. The Bertz CT molecular complexity index is 6640. The lowest BCUT2D eigenvalue weighted by molar-refractivity contribution is 0.590. The molecular weight excluding hydrogens is 1470 g/mol. The number of hydrogen-bond donors (Lipinski definition) is 2. The molecule has 7 aromatic heterocycles. The molecule has 10 aromatic carbocycles. The molecule has 0 fully saturated rings. The number of benzene rings is 10. The second-order valence-electron chi connectivity index (χ2n) is 37.7. The van der Waals surface area contributed by atoms with E-state index in [1.165, 1.54) is 99.2 Å². The second-order valence-corrected chi connectivity index (χ2v) is 37.7. The Morgan fingerprint density at radius 3 is 0.850 bits per heavy atom. The fourth-order valence-electron chi connectivity index (χ4n) is 18.6. The lowest BCUT2D eigenvalue weighted by atomic mass is 9.85. The minimum atomic E-state index is 0.0141. The maximum absolute atomic E-state index is 5.78. The quantitative estimate of drug-likeness (QED) is 0.125. The van der Waals surface area contributed by atoms with Crippen molar-refractivity contribution in [2.75, 3.05) is 0 Å². The molecule has 0 atom stereocenters. The summed E-state index contributed by atoms with van der Waals surface area (Å²) >= 11 is 0. The zero-order valence-corrected chi connectivity index (χ0v) is 72.1. The molecule has 0 aliphatic carbocycles. The molecule has 0 amide bonds. The van der Waals surface area contributed by atoms with Crippen LogP contribution < -0.4 is 0 Å². The van der Waals surface area contributed by atoms with Gasteiger partial charge in [0.15, 0.2) is 0 Å². The van der Waals surface area contributed by atoms with Gasteiger partial charge in [0.1, 0.15) is 0 Å². The predicted octanol–water partition coefficient (Wildman–Crippen LogP) is 27.2. The topological polar surface area (TPSA) is 129 Å². The smallest absolute Gasteiger partial charge is 0.0889 e. The third kappa shape index (κ3) is 13.7. The van der Waals surface area contributed by atoms with E-state index in [-0.39, 0.29) is 21.7 Å². The van der Waals surface area contributed by atoms with Crippen LogP contribution >= 0.6 is 0 Å². The molecule has 9 heterocycles. The van der Waals surface area contributed by atoms with Gasteiger partial charge in [0.05, 0.1) is 81.7 Å². The van der Waals surface area contributed by atoms with Crippen LogP contribution in [0.15, 0.2) is 231 Å². The number of H-pyrrole nitrogens is 2. The van der Waals surface area contributed by atoms with E-state index < -0.39 is 0 Å². The number of hydrogen-bond acceptors (Lipinski definition) is 6. The molecule has 594 valence electrons. The molecule has 2 aliphatic rings. The van der Waals surface area contributed by atoms with Crippen LogP contribution in [0.3, 0.4) is 0 Å². The maximum Gasteiger partial charge on any atom is 0.0889 e. The molecule has 0 spiro atoms. The Morgan fingerprint density at radius 1 is 0.283 bits per heavy atom. The number of aryl methyl sites for hydroxylation is 6. The number of nitrogens with zero attached hydrogens (tertiary/aromatic N) is 10. The summed E-state index contributed by atoms with van der Waals surface area (Å²) in [5.74, 6) is 0. The molecule has 0 unspecified atom stereocenters. The van der Waals surface area contributed by atoms with E-state index in [9.17, 15) is 0 Å². The minimum absolute atomic E-state index is 0.0141. The zero-order chi connectivity index (χ0) is 83.3. The summed E-state index contributed by atoms with van der Waals surface area (Å²) in [6.45, 7) is 41.8. The van der Waals surface area contributed by atoms with Crippen molar-refractivity contribution in [2.24, 2.45) is 0 Å². The first-order valence-electron chi connectivity index (χ1n) is 42.1. The predicted molar refractivity (Wildman–Crippen MR) is 502 cm³/mol. The number of fused-ring (bicyclic) bond motifs is 14. The molecule has 0 saturated carbocycles. The van der Waals surface area contributed by atoms with E-state index in [0.717, 1.165) is 134 Å². The van der Waals surface area contributed by atoms with Crippen LogP contribution in [-0.4, -0.2) is 59.1 Å². The molecule has 0 radical (unpaired) electrons. The van der Waals surface area contributed by atoms with Crippen molar-refractivity contribution in [3.8, 4) is 78.4 Å². The van der Waals surface area contributed by atoms with Gasteiger partial charge in [-0.1, -0.05) is 226 Å². The summed E-state index contributed by atoms with van der Waals surface area (Å²) in [4.78, 5) is 19.7. The lowest BCUT2D eigenvalue weighted by Gasteiger charge is -2.19. The van der Waals surface area contributed by atoms with Gasteiger partial charge in [-0.2, -0.15) is 0 Å². The van der Waals surface area contributed by atoms with Crippen LogP contribution in [0, 0.1) is 41.5 Å². The molecular formula is C108H102N12. The van der Waals surface area contributed by atoms with Crippen molar-refractivity contribution in [3.05, 3.63) is 320 Å². The monoisotopic (exact) mass is 1570 g/mol. The molecule has 120 heavy (non-hydrogen) atoms. The molecule has 17 aromatic rings. The number of nitrogens with one attached hydrogen (secondary N) is 2. The third-order valence-electron chi connectivity index (χ3n) is 24.8. The Kier molecular flexibility index (Phi) is 18.4. The highest BCUT2D eigenvalue weighted by Gasteiger charge is 2.28. The summed E-state index contributed by atoms with van der Waals surface area (Å²) in [6.07, 6.45) is 12.5. The van der Waals surface area contributed by atoms with E-state index >= 15 is 0 Å². The van der Waals surface area contributed by atoms with Gasteiger partial charge in [-0.25, -0.2) is 19.3 Å². The SMILES string of the molecule is Cc1cc(C)c(-c2c3nc(c(-c4ccc(Cn5nncc5-c5ccc(-n6c7ccc(C(C)(C)C)cc7c7cc(C(C)(C)C)ccc76)cc5)cc4)c4ccc([nH]4)c(-c4c(C)cc(C)cc4C)c4nc(c(-c5ccc(Cn6nncc6-c6ccc(-n7c8ccc(C(C)(C)C)cc8c8cc(C(C)(C)C)ccc87)cc6)cc5)c5ccc2[nH]5)C=C4)C=C3)c(C)c1. The van der Waals surface area contributed by atoms with E-state index in [0.29, 0.717) is 13.1 Å². The van der Waals surface area contributed by atoms with Gasteiger partial charge >= 0.3 is 0 Å². The first kappa shape index (κ1) is 76.6. The van der Waals surface area contributed by atoms with Crippen LogP contribution in [-0.2, 0) is 34.7 Å². The summed E-state index contributed by atoms with van der Waals surface area (Å²) < 4.78 is 8.84. The van der Waals surface area contributed by atoms with Gasteiger partial charge in [0, 0.05) is 88.4 Å². The van der Waals surface area contributed by atoms with Crippen LogP contribution in [0.25, 0.3) is 168 Å². The largest absolute Gasteiger partial charge is 0.354 e. The van der Waals surface area contributed by atoms with Crippen LogP contribution in [0.2, 0.25) is 0 Å². The van der Waals surface area contributed by atoms with E-state index in [1.54, 1.807) is 0 Å². The van der Waals surface area contributed by atoms with Gasteiger partial charge in [0.2, 0.25) is 0 Å². The maximum atomic E-state index is 5.78. The Balaban J connectivity index is 0.688. The lowest BCUT2D eigenvalue weighted by Crippen LogP contribution is -2.10. The second kappa shape index (κ2) is 28.8. The van der Waals surface area contributed by atoms with Gasteiger partial charge in [-0.05, 0) is 262 Å². The van der Waals surface area contributed by atoms with E-state index in [2.05, 4.69) is 397 Å². The normalized spacial score (nSPS) is 12.8. The van der Waals surface area contributed by atoms with Crippen LogP contribution in [0.1, 0.15) is 173 Å². The third-order valence-corrected chi connectivity index (χ3v) is 24.8. The van der Waals surface area contributed by atoms with Gasteiger partial charge < -0.3 is 19.1 Å². The van der Waals surface area contributed by atoms with Crippen molar-refractivity contribution in [2.45, 2.75) is 159 Å². The average Bonchev–Trinajstić information content (AvgIpc) is 1.59. The number of aromatic amines is 2. The Morgan fingerprint density at radius 2 is 0.558 bits per heavy atom. The first-order valence-corrected chi connectivity index (χ1v) is 42.1. The average molecular weight is 1570 g/mol. The molecule has 12 heteroatoms. The fourth-order valence-corrected chi connectivity index (χ4v) is 18.6. The fraction of sp³-hybridized carbons (Fsp3) is 0.222. The summed E-state index contributed by atoms with van der Waals surface area (Å²) in [7, 11) is 0. The van der Waals surface area contributed by atoms with Crippen molar-refractivity contribution < 1.29 is 0 Å². The Hall–Kier alpha value is -13.3. The molecule has 12 nitrogen and oxygen atoms in total. The molecule has 0 saturated heterocycles. The highest BCUT2D eigenvalue weighted by Crippen LogP contribution is 2.45. The van der Waals surface area contributed by atoms with Crippen molar-refractivity contribution in [3.63, 3.8) is 0 Å². The minimum Gasteiger partial charge on any atom is -0.354 e. The molecule has 19 rings (SSSR count). The van der Waals surface area contributed by atoms with Crippen molar-refractivity contribution >= 4 is 90.0 Å². The first-order chi connectivity index (χ1) is 57.4. The van der Waals surface area contributed by atoms with Gasteiger partial charge in [-0.3, -0.25) is 0 Å². The van der Waals surface area contributed by atoms with Crippen molar-refractivity contribution in [1.29, 1.82) is 0 Å². The van der Waals surface area contributed by atoms with E-state index in [1.807, 2.05) is 21.8 Å². The molecule has 2 aliphatic heterocycles. The van der Waals surface area contributed by atoms with Crippen LogP contribution in [0.5, 0.6) is 0 Å².